The molecule has 0 bridgehead atoms. The van der Waals surface area contributed by atoms with Crippen molar-refractivity contribution in [2.75, 3.05) is 6.61 Å². The van der Waals surface area contributed by atoms with Crippen LogP contribution >= 0.6 is 11.3 Å². The third-order valence-electron chi connectivity index (χ3n) is 1.35. The Morgan fingerprint density at radius 1 is 1.70 bits per heavy atom. The fourth-order valence-electron chi connectivity index (χ4n) is 0.784. The highest BCUT2D eigenvalue weighted by Crippen LogP contribution is 2.18. The van der Waals surface area contributed by atoms with E-state index in [9.17, 15) is 0 Å². The number of rotatable bonds is 3. The maximum Gasteiger partial charge on any atom is 0.0449 e. The third kappa shape index (κ3) is 1.80. The number of thiophene rings is 1. The quantitative estimate of drug-likeness (QED) is 0.691. The average Bonchev–Trinajstić information content (AvgIpc) is 2.38. The van der Waals surface area contributed by atoms with Crippen molar-refractivity contribution in [3.05, 3.63) is 22.4 Å². The average molecular weight is 157 g/mol. The topological polar surface area (TPSA) is 46.2 Å². The van der Waals surface area contributed by atoms with E-state index >= 15 is 0 Å². The first-order chi connectivity index (χ1) is 4.84. The second kappa shape index (κ2) is 3.71. The maximum absolute atomic E-state index is 8.56. The molecule has 1 rings (SSSR count). The van der Waals surface area contributed by atoms with Crippen LogP contribution in [0.5, 0.6) is 0 Å². The van der Waals surface area contributed by atoms with Gasteiger partial charge in [-0.1, -0.05) is 6.07 Å². The Morgan fingerprint density at radius 3 is 3.00 bits per heavy atom. The lowest BCUT2D eigenvalue weighted by Crippen LogP contribution is -2.09. The van der Waals surface area contributed by atoms with E-state index in [1.165, 1.54) is 0 Å². The van der Waals surface area contributed by atoms with Crippen molar-refractivity contribution in [1.82, 2.24) is 0 Å². The molecule has 0 unspecified atom stereocenters. The van der Waals surface area contributed by atoms with Crippen LogP contribution in [0.1, 0.15) is 17.3 Å². The molecule has 0 aliphatic heterocycles. The molecule has 3 heteroatoms. The molecule has 2 nitrogen and oxygen atoms in total. The Hall–Kier alpha value is -0.380. The SMILES string of the molecule is N[C@@H](CCO)c1cccs1. The van der Waals surface area contributed by atoms with Crippen molar-refractivity contribution in [1.29, 1.82) is 0 Å². The second-order valence-corrected chi connectivity index (χ2v) is 3.11. The molecule has 0 amide bonds. The number of aliphatic hydroxyl groups excluding tert-OH is 1. The van der Waals surface area contributed by atoms with Crippen molar-refractivity contribution in [2.24, 2.45) is 5.73 Å². The first-order valence-corrected chi connectivity index (χ1v) is 4.12. The summed E-state index contributed by atoms with van der Waals surface area (Å²) in [7, 11) is 0. The zero-order valence-electron chi connectivity index (χ0n) is 5.66. The standard InChI is InChI=1S/C7H11NOS/c8-6(3-4-9)7-2-1-5-10-7/h1-2,5-6,9H,3-4,8H2/t6-/m0/s1. The van der Waals surface area contributed by atoms with Crippen LogP contribution in [0.25, 0.3) is 0 Å². The zero-order valence-corrected chi connectivity index (χ0v) is 6.47. The van der Waals surface area contributed by atoms with E-state index in [0.29, 0.717) is 6.42 Å². The van der Waals surface area contributed by atoms with Gasteiger partial charge in [0.2, 0.25) is 0 Å². The van der Waals surface area contributed by atoms with Crippen LogP contribution in [-0.4, -0.2) is 11.7 Å². The molecule has 1 aromatic rings. The molecule has 0 saturated carbocycles. The molecule has 0 saturated heterocycles. The predicted octanol–water partition coefficient (Wildman–Crippen LogP) is 1.13. The van der Waals surface area contributed by atoms with Gasteiger partial charge in [-0.3, -0.25) is 0 Å². The van der Waals surface area contributed by atoms with Gasteiger partial charge in [0.25, 0.3) is 0 Å². The molecule has 10 heavy (non-hydrogen) atoms. The highest BCUT2D eigenvalue weighted by atomic mass is 32.1. The van der Waals surface area contributed by atoms with Gasteiger partial charge in [-0.2, -0.15) is 0 Å². The van der Waals surface area contributed by atoms with Gasteiger partial charge >= 0.3 is 0 Å². The fourth-order valence-corrected chi connectivity index (χ4v) is 1.55. The van der Waals surface area contributed by atoms with Gasteiger partial charge in [0.1, 0.15) is 0 Å². The summed E-state index contributed by atoms with van der Waals surface area (Å²) in [5.74, 6) is 0. The summed E-state index contributed by atoms with van der Waals surface area (Å²) in [6, 6.07) is 3.98. The molecular weight excluding hydrogens is 146 g/mol. The highest BCUT2D eigenvalue weighted by molar-refractivity contribution is 7.10. The molecule has 1 atom stereocenters. The van der Waals surface area contributed by atoms with Gasteiger partial charge in [-0.05, 0) is 17.9 Å². The fraction of sp³-hybridized carbons (Fsp3) is 0.429. The molecule has 0 spiro atoms. The predicted molar refractivity (Wildman–Crippen MR) is 43.0 cm³/mol. The van der Waals surface area contributed by atoms with Crippen LogP contribution in [0.2, 0.25) is 0 Å². The maximum atomic E-state index is 8.56. The van der Waals surface area contributed by atoms with E-state index in [4.69, 9.17) is 10.8 Å². The van der Waals surface area contributed by atoms with Crippen LogP contribution in [0.3, 0.4) is 0 Å². The van der Waals surface area contributed by atoms with Gasteiger partial charge in [0.05, 0.1) is 0 Å². The molecule has 0 aliphatic carbocycles. The molecule has 56 valence electrons. The number of hydrogen-bond donors (Lipinski definition) is 2. The molecule has 3 N–H and O–H groups in total. The highest BCUT2D eigenvalue weighted by Gasteiger charge is 2.04. The smallest absolute Gasteiger partial charge is 0.0449 e. The van der Waals surface area contributed by atoms with Gasteiger partial charge in [0.15, 0.2) is 0 Å². The Labute approximate surface area is 64.3 Å². The third-order valence-corrected chi connectivity index (χ3v) is 2.35. The van der Waals surface area contributed by atoms with Crippen molar-refractivity contribution < 1.29 is 5.11 Å². The van der Waals surface area contributed by atoms with Crippen LogP contribution < -0.4 is 5.73 Å². The summed E-state index contributed by atoms with van der Waals surface area (Å²) < 4.78 is 0. The van der Waals surface area contributed by atoms with Gasteiger partial charge < -0.3 is 10.8 Å². The lowest BCUT2D eigenvalue weighted by Gasteiger charge is -2.05. The minimum Gasteiger partial charge on any atom is -0.396 e. The Kier molecular flexibility index (Phi) is 2.86. The van der Waals surface area contributed by atoms with Crippen LogP contribution in [0.15, 0.2) is 17.5 Å². The summed E-state index contributed by atoms with van der Waals surface area (Å²) in [6.45, 7) is 0.166. The molecule has 0 aliphatic rings. The molecule has 0 aromatic carbocycles. The van der Waals surface area contributed by atoms with E-state index in [-0.39, 0.29) is 12.6 Å². The monoisotopic (exact) mass is 157 g/mol. The van der Waals surface area contributed by atoms with Gasteiger partial charge in [-0.15, -0.1) is 11.3 Å². The minimum absolute atomic E-state index is 0.0185. The number of aliphatic hydroxyl groups is 1. The van der Waals surface area contributed by atoms with Gasteiger partial charge in [0, 0.05) is 17.5 Å². The Balaban J connectivity index is 2.50. The normalized spacial score (nSPS) is 13.4. The second-order valence-electron chi connectivity index (χ2n) is 2.13. The van der Waals surface area contributed by atoms with Crippen molar-refractivity contribution in [3.63, 3.8) is 0 Å². The van der Waals surface area contributed by atoms with Crippen LogP contribution in [0.4, 0.5) is 0 Å². The molecule has 1 aromatic heterocycles. The molecule has 0 radical (unpaired) electrons. The minimum atomic E-state index is 0.0185. The van der Waals surface area contributed by atoms with Crippen molar-refractivity contribution in [2.45, 2.75) is 12.5 Å². The van der Waals surface area contributed by atoms with Crippen LogP contribution in [-0.2, 0) is 0 Å². The summed E-state index contributed by atoms with van der Waals surface area (Å²) in [5, 5.41) is 10.6. The molecular formula is C7H11NOS. The first-order valence-electron chi connectivity index (χ1n) is 3.24. The van der Waals surface area contributed by atoms with E-state index < -0.39 is 0 Å². The summed E-state index contributed by atoms with van der Waals surface area (Å²) in [4.78, 5) is 1.15. The molecule has 0 fully saturated rings. The van der Waals surface area contributed by atoms with E-state index in [1.54, 1.807) is 11.3 Å². The summed E-state index contributed by atoms with van der Waals surface area (Å²) >= 11 is 1.63. The van der Waals surface area contributed by atoms with Gasteiger partial charge in [-0.25, -0.2) is 0 Å². The van der Waals surface area contributed by atoms with E-state index in [0.717, 1.165) is 4.88 Å². The van der Waals surface area contributed by atoms with Crippen LogP contribution in [0, 0.1) is 0 Å². The summed E-state index contributed by atoms with van der Waals surface area (Å²) in [5.41, 5.74) is 5.70. The number of hydrogen-bond acceptors (Lipinski definition) is 3. The Bertz CT molecular complexity index is 174. The zero-order chi connectivity index (χ0) is 7.40. The van der Waals surface area contributed by atoms with E-state index in [1.807, 2.05) is 17.5 Å². The van der Waals surface area contributed by atoms with Crippen molar-refractivity contribution >= 4 is 11.3 Å². The lowest BCUT2D eigenvalue weighted by atomic mass is 10.2. The number of nitrogens with two attached hydrogens (primary N) is 1. The van der Waals surface area contributed by atoms with Crippen molar-refractivity contribution in [3.8, 4) is 0 Å². The summed E-state index contributed by atoms with van der Waals surface area (Å²) in [6.07, 6.45) is 0.653. The first kappa shape index (κ1) is 7.72. The van der Waals surface area contributed by atoms with E-state index in [2.05, 4.69) is 0 Å². The lowest BCUT2D eigenvalue weighted by molar-refractivity contribution is 0.277. The largest absolute Gasteiger partial charge is 0.396 e. The molecule has 1 heterocycles. The Morgan fingerprint density at radius 2 is 2.50 bits per heavy atom.